The smallest absolute Gasteiger partial charge is 0.255 e. The largest absolute Gasteiger partial charge is 0.484 e. The number of carbonyl (C=O) groups excluding carboxylic acids is 3. The van der Waals surface area contributed by atoms with Crippen molar-refractivity contribution in [3.8, 4) is 5.75 Å². The number of para-hydroxylation sites is 1. The Morgan fingerprint density at radius 1 is 1.16 bits per heavy atom. The molecule has 3 rings (SSSR count). The fourth-order valence-electron chi connectivity index (χ4n) is 2.71. The van der Waals surface area contributed by atoms with Gasteiger partial charge in [0.25, 0.3) is 5.91 Å². The van der Waals surface area contributed by atoms with Gasteiger partial charge in [0.1, 0.15) is 5.75 Å². The van der Waals surface area contributed by atoms with Gasteiger partial charge in [-0.25, -0.2) is 0 Å². The van der Waals surface area contributed by atoms with Gasteiger partial charge >= 0.3 is 0 Å². The molecule has 2 aromatic rings. The zero-order chi connectivity index (χ0) is 18.0. The van der Waals surface area contributed by atoms with E-state index in [4.69, 9.17) is 10.5 Å². The molecule has 1 heterocycles. The highest BCUT2D eigenvalue weighted by Crippen LogP contribution is 2.35. The highest BCUT2D eigenvalue weighted by atomic mass is 16.5. The summed E-state index contributed by atoms with van der Waals surface area (Å²) in [4.78, 5) is 36.9. The summed E-state index contributed by atoms with van der Waals surface area (Å²) in [6, 6.07) is 13.8. The van der Waals surface area contributed by atoms with E-state index < -0.39 is 5.91 Å². The van der Waals surface area contributed by atoms with E-state index in [1.165, 1.54) is 11.8 Å². The van der Waals surface area contributed by atoms with Crippen LogP contribution in [0.5, 0.6) is 5.75 Å². The van der Waals surface area contributed by atoms with Crippen LogP contribution in [-0.2, 0) is 9.59 Å². The van der Waals surface area contributed by atoms with Gasteiger partial charge in [0.05, 0.1) is 11.4 Å². The van der Waals surface area contributed by atoms with Gasteiger partial charge < -0.3 is 10.5 Å². The summed E-state index contributed by atoms with van der Waals surface area (Å²) in [5, 5.41) is 0. The molecule has 0 aliphatic carbocycles. The highest BCUT2D eigenvalue weighted by Gasteiger charge is 2.34. The van der Waals surface area contributed by atoms with Crippen molar-refractivity contribution in [3.63, 3.8) is 0 Å². The molecule has 6 heteroatoms. The predicted molar refractivity (Wildman–Crippen MR) is 93.0 cm³/mol. The third kappa shape index (κ3) is 3.28. The number of benzene rings is 2. The lowest BCUT2D eigenvalue weighted by Crippen LogP contribution is -2.25. The number of amides is 2. The Morgan fingerprint density at radius 3 is 2.64 bits per heavy atom. The van der Waals surface area contributed by atoms with Crippen LogP contribution >= 0.6 is 0 Å². The first-order chi connectivity index (χ1) is 12.0. The summed E-state index contributed by atoms with van der Waals surface area (Å²) in [5.41, 5.74) is 7.08. The van der Waals surface area contributed by atoms with Gasteiger partial charge in [-0.3, -0.25) is 19.3 Å². The van der Waals surface area contributed by atoms with Crippen molar-refractivity contribution in [2.45, 2.75) is 6.92 Å². The number of Topliss-reactive ketones (excluding diaryl/α,β-unsaturated/α-hetero) is 1. The Kier molecular flexibility index (Phi) is 4.35. The van der Waals surface area contributed by atoms with E-state index in [9.17, 15) is 14.4 Å². The van der Waals surface area contributed by atoms with Crippen LogP contribution in [0.2, 0.25) is 0 Å². The molecule has 6 nitrogen and oxygen atoms in total. The van der Waals surface area contributed by atoms with Crippen molar-refractivity contribution in [2.75, 3.05) is 11.5 Å². The van der Waals surface area contributed by atoms with E-state index in [2.05, 4.69) is 0 Å². The summed E-state index contributed by atoms with van der Waals surface area (Å²) in [6.45, 7) is 1.18. The maximum absolute atomic E-state index is 12.7. The molecule has 0 bridgehead atoms. The molecule has 2 amide bonds. The molecule has 0 radical (unpaired) electrons. The summed E-state index contributed by atoms with van der Waals surface area (Å²) in [6.07, 6.45) is 1.63. The topological polar surface area (TPSA) is 89.7 Å². The minimum absolute atomic E-state index is 0.214. The number of ether oxygens (including phenoxy) is 1. The van der Waals surface area contributed by atoms with E-state index >= 15 is 0 Å². The Morgan fingerprint density at radius 2 is 1.92 bits per heavy atom. The van der Waals surface area contributed by atoms with Crippen LogP contribution in [0.15, 0.2) is 54.2 Å². The van der Waals surface area contributed by atoms with E-state index in [0.717, 1.165) is 0 Å². The number of ketones is 1. The van der Waals surface area contributed by atoms with E-state index in [1.807, 2.05) is 0 Å². The number of carbonyl (C=O) groups is 3. The van der Waals surface area contributed by atoms with Gasteiger partial charge in [-0.1, -0.05) is 24.3 Å². The van der Waals surface area contributed by atoms with Crippen molar-refractivity contribution in [3.05, 3.63) is 65.4 Å². The highest BCUT2D eigenvalue weighted by molar-refractivity contribution is 6.26. The Bertz CT molecular complexity index is 902. The fraction of sp³-hybridized carbons (Fsp3) is 0.105. The average molecular weight is 336 g/mol. The lowest BCUT2D eigenvalue weighted by molar-refractivity contribution is -0.120. The van der Waals surface area contributed by atoms with Gasteiger partial charge in [-0.2, -0.15) is 0 Å². The second kappa shape index (κ2) is 6.60. The van der Waals surface area contributed by atoms with Gasteiger partial charge in [-0.15, -0.1) is 0 Å². The molecule has 0 atom stereocenters. The molecule has 25 heavy (non-hydrogen) atoms. The molecule has 0 saturated heterocycles. The first-order valence-electron chi connectivity index (χ1n) is 7.64. The Balaban J connectivity index is 1.98. The van der Waals surface area contributed by atoms with Gasteiger partial charge in [-0.05, 0) is 35.9 Å². The standard InChI is InChI=1S/C19H16N2O4/c1-12(22)21-16-8-3-2-7-15(16)19(24)17(21)10-13-5-4-6-14(9-13)25-11-18(20)23/h2-10H,11H2,1H3,(H2,20,23). The van der Waals surface area contributed by atoms with Gasteiger partial charge in [0.2, 0.25) is 11.7 Å². The van der Waals surface area contributed by atoms with Crippen LogP contribution in [0.25, 0.3) is 6.08 Å². The number of primary amides is 1. The minimum Gasteiger partial charge on any atom is -0.484 e. The van der Waals surface area contributed by atoms with Crippen molar-refractivity contribution in [1.29, 1.82) is 0 Å². The molecule has 0 spiro atoms. The number of nitrogens with two attached hydrogens (primary N) is 1. The summed E-state index contributed by atoms with van der Waals surface area (Å²) in [7, 11) is 0. The summed E-state index contributed by atoms with van der Waals surface area (Å²) in [5.74, 6) is -0.585. The minimum atomic E-state index is -0.576. The Hall–Kier alpha value is -3.41. The molecule has 0 aromatic heterocycles. The fourth-order valence-corrected chi connectivity index (χ4v) is 2.71. The second-order valence-corrected chi connectivity index (χ2v) is 5.56. The average Bonchev–Trinajstić information content (AvgIpc) is 2.86. The van der Waals surface area contributed by atoms with Crippen LogP contribution in [-0.4, -0.2) is 24.2 Å². The molecule has 0 saturated carbocycles. The van der Waals surface area contributed by atoms with E-state index in [1.54, 1.807) is 54.6 Å². The zero-order valence-corrected chi connectivity index (χ0v) is 13.6. The Labute approximate surface area is 144 Å². The molecular formula is C19H16N2O4. The summed E-state index contributed by atoms with van der Waals surface area (Å²) >= 11 is 0. The maximum atomic E-state index is 12.7. The van der Waals surface area contributed by atoms with Crippen LogP contribution in [0, 0.1) is 0 Å². The summed E-state index contributed by atoms with van der Waals surface area (Å²) < 4.78 is 5.27. The number of hydrogen-bond acceptors (Lipinski definition) is 4. The number of anilines is 1. The molecule has 1 aliphatic rings. The maximum Gasteiger partial charge on any atom is 0.255 e. The third-order valence-corrected chi connectivity index (χ3v) is 3.72. The van der Waals surface area contributed by atoms with Crippen LogP contribution in [0.4, 0.5) is 5.69 Å². The number of hydrogen-bond donors (Lipinski definition) is 1. The number of rotatable bonds is 4. The third-order valence-electron chi connectivity index (χ3n) is 3.72. The predicted octanol–water partition coefficient (Wildman–Crippen LogP) is 2.14. The van der Waals surface area contributed by atoms with Gasteiger partial charge in [0, 0.05) is 12.5 Å². The second-order valence-electron chi connectivity index (χ2n) is 5.56. The molecule has 0 unspecified atom stereocenters. The van der Waals surface area contributed by atoms with E-state index in [0.29, 0.717) is 22.6 Å². The molecular weight excluding hydrogens is 320 g/mol. The van der Waals surface area contributed by atoms with Crippen LogP contribution < -0.4 is 15.4 Å². The molecule has 2 N–H and O–H groups in total. The molecule has 2 aromatic carbocycles. The SMILES string of the molecule is CC(=O)N1C(=Cc2cccc(OCC(N)=O)c2)C(=O)c2ccccc21. The van der Waals surface area contributed by atoms with E-state index in [-0.39, 0.29) is 24.0 Å². The van der Waals surface area contributed by atoms with Crippen molar-refractivity contribution >= 4 is 29.4 Å². The first kappa shape index (κ1) is 16.4. The first-order valence-corrected chi connectivity index (χ1v) is 7.64. The van der Waals surface area contributed by atoms with Crippen molar-refractivity contribution in [2.24, 2.45) is 5.73 Å². The quantitative estimate of drug-likeness (QED) is 0.866. The number of allylic oxidation sites excluding steroid dienone is 1. The monoisotopic (exact) mass is 336 g/mol. The molecule has 126 valence electrons. The van der Waals surface area contributed by atoms with Crippen LogP contribution in [0.3, 0.4) is 0 Å². The lowest BCUT2D eigenvalue weighted by Gasteiger charge is -2.16. The number of nitrogens with zero attached hydrogens (tertiary/aromatic N) is 1. The normalized spacial score (nSPS) is 14.5. The molecule has 1 aliphatic heterocycles. The van der Waals surface area contributed by atoms with Crippen LogP contribution in [0.1, 0.15) is 22.8 Å². The lowest BCUT2D eigenvalue weighted by atomic mass is 10.1. The van der Waals surface area contributed by atoms with Gasteiger partial charge in [0.15, 0.2) is 6.61 Å². The van der Waals surface area contributed by atoms with Crippen molar-refractivity contribution in [1.82, 2.24) is 0 Å². The zero-order valence-electron chi connectivity index (χ0n) is 13.6. The van der Waals surface area contributed by atoms with Crippen molar-refractivity contribution < 1.29 is 19.1 Å². The molecule has 0 fully saturated rings. The number of fused-ring (bicyclic) bond motifs is 1.